The van der Waals surface area contributed by atoms with Crippen LogP contribution in [0.2, 0.25) is 5.02 Å². The van der Waals surface area contributed by atoms with Crippen LogP contribution in [0.3, 0.4) is 0 Å². The number of benzene rings is 1. The third kappa shape index (κ3) is 1.53. The van der Waals surface area contributed by atoms with Crippen LogP contribution >= 0.6 is 11.6 Å². The average molecular weight is 225 g/mol. The number of rotatable bonds is 1. The number of hydrogen-bond donors (Lipinski definition) is 2. The summed E-state index contributed by atoms with van der Waals surface area (Å²) >= 11 is 5.91. The molecule has 0 bridgehead atoms. The van der Waals surface area contributed by atoms with E-state index in [0.29, 0.717) is 16.1 Å². The minimum absolute atomic E-state index is 0.00781. The zero-order valence-electron chi connectivity index (χ0n) is 7.99. The highest BCUT2D eigenvalue weighted by Gasteiger charge is 2.14. The molecule has 5 heteroatoms. The number of phenolic OH excluding ortho intramolecular Hbond substituents is 1. The molecule has 0 fully saturated rings. The van der Waals surface area contributed by atoms with Crippen LogP contribution in [0.25, 0.3) is 11.1 Å². The van der Waals surface area contributed by atoms with E-state index in [1.165, 1.54) is 6.20 Å². The Morgan fingerprint density at radius 3 is 2.73 bits per heavy atom. The van der Waals surface area contributed by atoms with E-state index in [1.54, 1.807) is 12.1 Å². The van der Waals surface area contributed by atoms with Crippen molar-refractivity contribution in [1.82, 2.24) is 5.16 Å². The molecule has 0 spiro atoms. The van der Waals surface area contributed by atoms with Gasteiger partial charge in [-0.1, -0.05) is 28.9 Å². The molecule has 1 heterocycles. The normalized spacial score (nSPS) is 10.5. The van der Waals surface area contributed by atoms with Crippen molar-refractivity contribution in [2.45, 2.75) is 6.92 Å². The summed E-state index contributed by atoms with van der Waals surface area (Å²) in [7, 11) is 0. The van der Waals surface area contributed by atoms with Gasteiger partial charge in [0, 0.05) is 5.56 Å². The molecule has 0 unspecified atom stereocenters. The number of aromatic hydroxyl groups is 1. The van der Waals surface area contributed by atoms with Crippen LogP contribution in [-0.2, 0) is 0 Å². The predicted molar refractivity (Wildman–Crippen MR) is 57.8 cm³/mol. The van der Waals surface area contributed by atoms with Crippen LogP contribution in [0.15, 0.2) is 22.9 Å². The Morgan fingerprint density at radius 1 is 1.40 bits per heavy atom. The summed E-state index contributed by atoms with van der Waals surface area (Å²) in [5.41, 5.74) is 7.40. The Labute approximate surface area is 91.3 Å². The van der Waals surface area contributed by atoms with Crippen LogP contribution in [0.1, 0.15) is 5.56 Å². The van der Waals surface area contributed by atoms with Crippen molar-refractivity contribution in [2.75, 3.05) is 5.73 Å². The second-order valence-corrected chi connectivity index (χ2v) is 3.57. The van der Waals surface area contributed by atoms with Crippen LogP contribution in [0, 0.1) is 6.92 Å². The molecule has 2 aromatic rings. The van der Waals surface area contributed by atoms with Gasteiger partial charge in [0.05, 0.1) is 16.8 Å². The van der Waals surface area contributed by atoms with Crippen LogP contribution < -0.4 is 5.73 Å². The fourth-order valence-corrected chi connectivity index (χ4v) is 1.50. The Balaban J connectivity index is 2.65. The summed E-state index contributed by atoms with van der Waals surface area (Å²) in [5, 5.41) is 13.7. The van der Waals surface area contributed by atoms with Crippen molar-refractivity contribution >= 4 is 17.5 Å². The molecular weight excluding hydrogens is 216 g/mol. The zero-order chi connectivity index (χ0) is 11.0. The SMILES string of the molecule is Cc1ccc(-c2cnoc2N)c(O)c1Cl. The van der Waals surface area contributed by atoms with Crippen molar-refractivity contribution in [1.29, 1.82) is 0 Å². The zero-order valence-corrected chi connectivity index (χ0v) is 8.75. The van der Waals surface area contributed by atoms with Gasteiger partial charge in [-0.15, -0.1) is 0 Å². The molecule has 0 atom stereocenters. The summed E-state index contributed by atoms with van der Waals surface area (Å²) < 4.78 is 4.72. The van der Waals surface area contributed by atoms with Crippen LogP contribution in [0.5, 0.6) is 5.75 Å². The first kappa shape index (κ1) is 9.86. The molecule has 0 aliphatic heterocycles. The molecule has 3 N–H and O–H groups in total. The van der Waals surface area contributed by atoms with E-state index in [1.807, 2.05) is 6.92 Å². The fourth-order valence-electron chi connectivity index (χ4n) is 1.33. The van der Waals surface area contributed by atoms with E-state index in [9.17, 15) is 5.11 Å². The van der Waals surface area contributed by atoms with Gasteiger partial charge in [-0.05, 0) is 12.5 Å². The minimum atomic E-state index is -0.00781. The molecule has 0 aliphatic rings. The second-order valence-electron chi connectivity index (χ2n) is 3.20. The van der Waals surface area contributed by atoms with Gasteiger partial charge in [0.1, 0.15) is 5.75 Å². The van der Waals surface area contributed by atoms with Crippen molar-refractivity contribution in [3.05, 3.63) is 28.9 Å². The van der Waals surface area contributed by atoms with E-state index in [-0.39, 0.29) is 11.6 Å². The van der Waals surface area contributed by atoms with Gasteiger partial charge >= 0.3 is 0 Å². The number of nitrogen functional groups attached to an aromatic ring is 1. The Hall–Kier alpha value is -1.68. The molecule has 1 aromatic heterocycles. The number of nitrogens with zero attached hydrogens (tertiary/aromatic N) is 1. The number of hydrogen-bond acceptors (Lipinski definition) is 4. The van der Waals surface area contributed by atoms with Gasteiger partial charge in [0.25, 0.3) is 0 Å². The first-order chi connectivity index (χ1) is 7.11. The van der Waals surface area contributed by atoms with Crippen molar-refractivity contribution in [3.8, 4) is 16.9 Å². The third-order valence-corrected chi connectivity index (χ3v) is 2.67. The quantitative estimate of drug-likeness (QED) is 0.781. The average Bonchev–Trinajstić information content (AvgIpc) is 2.62. The molecule has 2 rings (SSSR count). The lowest BCUT2D eigenvalue weighted by Gasteiger charge is -2.06. The predicted octanol–water partition coefficient (Wildman–Crippen LogP) is 2.59. The maximum Gasteiger partial charge on any atom is 0.230 e. The Kier molecular flexibility index (Phi) is 2.28. The summed E-state index contributed by atoms with van der Waals surface area (Å²) in [6.45, 7) is 1.81. The van der Waals surface area contributed by atoms with Crippen LogP contribution in [0.4, 0.5) is 5.88 Å². The first-order valence-electron chi connectivity index (χ1n) is 4.30. The highest BCUT2D eigenvalue weighted by Crippen LogP contribution is 2.39. The van der Waals surface area contributed by atoms with Gasteiger partial charge in [-0.3, -0.25) is 0 Å². The molecule has 0 amide bonds. The van der Waals surface area contributed by atoms with E-state index in [2.05, 4.69) is 5.16 Å². The monoisotopic (exact) mass is 224 g/mol. The fraction of sp³-hybridized carbons (Fsp3) is 0.100. The van der Waals surface area contributed by atoms with Crippen molar-refractivity contribution < 1.29 is 9.63 Å². The minimum Gasteiger partial charge on any atom is -0.506 e. The van der Waals surface area contributed by atoms with E-state index in [0.717, 1.165) is 5.56 Å². The lowest BCUT2D eigenvalue weighted by molar-refractivity contribution is 0.436. The Bertz CT molecular complexity index is 508. The molecule has 78 valence electrons. The van der Waals surface area contributed by atoms with Crippen molar-refractivity contribution in [2.24, 2.45) is 0 Å². The van der Waals surface area contributed by atoms with Gasteiger partial charge in [-0.25, -0.2) is 0 Å². The topological polar surface area (TPSA) is 72.3 Å². The van der Waals surface area contributed by atoms with Crippen LogP contribution in [-0.4, -0.2) is 10.3 Å². The Morgan fingerprint density at radius 2 is 2.13 bits per heavy atom. The molecule has 0 saturated carbocycles. The molecular formula is C10H9ClN2O2. The van der Waals surface area contributed by atoms with Crippen molar-refractivity contribution in [3.63, 3.8) is 0 Å². The highest BCUT2D eigenvalue weighted by atomic mass is 35.5. The number of aryl methyl sites for hydroxylation is 1. The molecule has 0 saturated heterocycles. The molecule has 1 aromatic carbocycles. The van der Waals surface area contributed by atoms with E-state index >= 15 is 0 Å². The summed E-state index contributed by atoms with van der Waals surface area (Å²) in [4.78, 5) is 0. The largest absolute Gasteiger partial charge is 0.506 e. The number of phenols is 1. The molecule has 4 nitrogen and oxygen atoms in total. The smallest absolute Gasteiger partial charge is 0.230 e. The summed E-state index contributed by atoms with van der Waals surface area (Å²) in [6.07, 6.45) is 1.44. The van der Waals surface area contributed by atoms with E-state index in [4.69, 9.17) is 21.9 Å². The number of halogens is 1. The highest BCUT2D eigenvalue weighted by molar-refractivity contribution is 6.33. The van der Waals surface area contributed by atoms with Gasteiger partial charge in [0.15, 0.2) is 0 Å². The number of anilines is 1. The molecule has 0 radical (unpaired) electrons. The van der Waals surface area contributed by atoms with Gasteiger partial charge in [-0.2, -0.15) is 0 Å². The third-order valence-electron chi connectivity index (χ3n) is 2.20. The number of nitrogens with two attached hydrogens (primary N) is 1. The van der Waals surface area contributed by atoms with Gasteiger partial charge in [0.2, 0.25) is 5.88 Å². The number of aromatic nitrogens is 1. The summed E-state index contributed by atoms with van der Waals surface area (Å²) in [6, 6.07) is 3.52. The second kappa shape index (κ2) is 3.47. The standard InChI is InChI=1S/C10H9ClN2O2/c1-5-2-3-6(9(14)8(5)11)7-4-13-15-10(7)12/h2-4,14H,12H2,1H3. The molecule has 0 aliphatic carbocycles. The molecule has 15 heavy (non-hydrogen) atoms. The maximum atomic E-state index is 9.82. The van der Waals surface area contributed by atoms with Gasteiger partial charge < -0.3 is 15.4 Å². The lowest BCUT2D eigenvalue weighted by Crippen LogP contribution is -1.87. The van der Waals surface area contributed by atoms with E-state index < -0.39 is 0 Å². The lowest BCUT2D eigenvalue weighted by atomic mass is 10.1. The first-order valence-corrected chi connectivity index (χ1v) is 4.67. The summed E-state index contributed by atoms with van der Waals surface area (Å²) in [5.74, 6) is 0.150. The maximum absolute atomic E-state index is 9.82.